The minimum absolute atomic E-state index is 0.109. The fraction of sp³-hybridized carbons (Fsp3) is 0.333. The van der Waals surface area contributed by atoms with Crippen LogP contribution in [0.5, 0.6) is 0 Å². The molecule has 1 aliphatic rings. The number of carbonyl (C=O) groups is 2. The number of carbonyl (C=O) groups excluding carboxylic acids is 1. The predicted molar refractivity (Wildman–Crippen MR) is 68.6 cm³/mol. The molecular weight excluding hydrogens is 270 g/mol. The van der Waals surface area contributed by atoms with E-state index in [1.165, 1.54) is 26.0 Å². The van der Waals surface area contributed by atoms with Crippen molar-refractivity contribution in [3.05, 3.63) is 29.3 Å². The van der Waals surface area contributed by atoms with Gasteiger partial charge in [0.2, 0.25) is 0 Å². The van der Waals surface area contributed by atoms with E-state index in [9.17, 15) is 18.0 Å². The average molecular weight is 283 g/mol. The molecule has 1 aromatic rings. The first-order valence-corrected chi connectivity index (χ1v) is 6.98. The van der Waals surface area contributed by atoms with Crippen LogP contribution in [-0.2, 0) is 14.8 Å². The summed E-state index contributed by atoms with van der Waals surface area (Å²) in [6, 6.07) is 4.24. The molecule has 2 rings (SSSR count). The molecule has 0 radical (unpaired) electrons. The Kier molecular flexibility index (Phi) is 2.71. The minimum atomic E-state index is -3.85. The highest BCUT2D eigenvalue weighted by Gasteiger charge is 2.61. The highest BCUT2D eigenvalue weighted by Crippen LogP contribution is 2.40. The van der Waals surface area contributed by atoms with E-state index in [2.05, 4.69) is 0 Å². The Balaban J connectivity index is 2.63. The van der Waals surface area contributed by atoms with Gasteiger partial charge in [-0.25, -0.2) is 17.5 Å². The van der Waals surface area contributed by atoms with Crippen LogP contribution < -0.4 is 4.31 Å². The lowest BCUT2D eigenvalue weighted by atomic mass is 10.1. The Morgan fingerprint density at radius 1 is 1.32 bits per heavy atom. The van der Waals surface area contributed by atoms with E-state index in [0.717, 1.165) is 0 Å². The molecule has 0 atom stereocenters. The number of amides is 1. The molecule has 102 valence electrons. The topological polar surface area (TPSA) is 91.8 Å². The van der Waals surface area contributed by atoms with E-state index in [1.807, 2.05) is 0 Å². The van der Waals surface area contributed by atoms with Gasteiger partial charge in [0.25, 0.3) is 15.9 Å². The molecule has 0 spiro atoms. The number of hydrogen-bond acceptors (Lipinski definition) is 4. The number of aromatic carboxylic acids is 1. The molecule has 19 heavy (non-hydrogen) atoms. The van der Waals surface area contributed by atoms with Crippen LogP contribution >= 0.6 is 0 Å². The molecule has 0 bridgehead atoms. The summed E-state index contributed by atoms with van der Waals surface area (Å²) in [6.07, 6.45) is 0. The highest BCUT2D eigenvalue weighted by atomic mass is 32.2. The van der Waals surface area contributed by atoms with Crippen molar-refractivity contribution in [2.24, 2.45) is 0 Å². The lowest BCUT2D eigenvalue weighted by molar-refractivity contribution is -0.120. The number of benzene rings is 1. The zero-order valence-electron chi connectivity index (χ0n) is 10.7. The Labute approximate surface area is 110 Å². The molecule has 1 N–H and O–H groups in total. The van der Waals surface area contributed by atoms with E-state index in [-0.39, 0.29) is 11.3 Å². The Morgan fingerprint density at radius 3 is 2.37 bits per heavy atom. The third-order valence-corrected chi connectivity index (χ3v) is 5.49. The van der Waals surface area contributed by atoms with Gasteiger partial charge in [0.05, 0.1) is 11.3 Å². The van der Waals surface area contributed by atoms with Crippen LogP contribution in [0.3, 0.4) is 0 Å². The third-order valence-electron chi connectivity index (χ3n) is 3.19. The minimum Gasteiger partial charge on any atom is -0.478 e. The van der Waals surface area contributed by atoms with Crippen molar-refractivity contribution < 1.29 is 23.1 Å². The molecule has 0 unspecified atom stereocenters. The van der Waals surface area contributed by atoms with Crippen molar-refractivity contribution in [2.45, 2.75) is 25.5 Å². The standard InChI is InChI=1S/C12H13NO5S/c1-7-4-5-9(8(6-7)10(14)15)13-11(16)12(2,3)19(13,17)18/h4-6H,1-3H3,(H,14,15). The second-order valence-corrected chi connectivity index (χ2v) is 7.25. The number of aryl methyl sites for hydroxylation is 1. The lowest BCUT2D eigenvalue weighted by Crippen LogP contribution is -2.68. The van der Waals surface area contributed by atoms with Crippen molar-refractivity contribution >= 4 is 27.6 Å². The quantitative estimate of drug-likeness (QED) is 0.879. The number of hydrogen-bond donors (Lipinski definition) is 1. The number of sulfonamides is 1. The molecule has 1 heterocycles. The summed E-state index contributed by atoms with van der Waals surface area (Å²) in [5.41, 5.74) is 0.362. The zero-order valence-corrected chi connectivity index (χ0v) is 11.5. The van der Waals surface area contributed by atoms with Crippen molar-refractivity contribution in [3.8, 4) is 0 Å². The number of nitrogens with zero attached hydrogens (tertiary/aromatic N) is 1. The van der Waals surface area contributed by atoms with Gasteiger partial charge in [-0.1, -0.05) is 11.6 Å². The summed E-state index contributed by atoms with van der Waals surface area (Å²) in [6.45, 7) is 4.29. The Morgan fingerprint density at radius 2 is 1.89 bits per heavy atom. The number of rotatable bonds is 2. The summed E-state index contributed by atoms with van der Waals surface area (Å²) in [5, 5.41) is 9.11. The molecule has 0 aromatic heterocycles. The fourth-order valence-electron chi connectivity index (χ4n) is 1.89. The van der Waals surface area contributed by atoms with E-state index in [0.29, 0.717) is 9.87 Å². The molecule has 6 nitrogen and oxygen atoms in total. The summed E-state index contributed by atoms with van der Waals surface area (Å²) in [5.74, 6) is -1.90. The first kappa shape index (κ1) is 13.5. The van der Waals surface area contributed by atoms with Crippen LogP contribution in [-0.4, -0.2) is 30.1 Å². The van der Waals surface area contributed by atoms with Crippen molar-refractivity contribution in [1.82, 2.24) is 0 Å². The van der Waals surface area contributed by atoms with Gasteiger partial charge >= 0.3 is 5.97 Å². The van der Waals surface area contributed by atoms with Crippen LogP contribution in [0.2, 0.25) is 0 Å². The fourth-order valence-corrected chi connectivity index (χ4v) is 3.39. The lowest BCUT2D eigenvalue weighted by Gasteiger charge is -2.43. The molecule has 1 aromatic carbocycles. The molecule has 1 saturated heterocycles. The molecule has 0 saturated carbocycles. The van der Waals surface area contributed by atoms with Gasteiger partial charge in [0, 0.05) is 0 Å². The van der Waals surface area contributed by atoms with Gasteiger partial charge in [-0.05, 0) is 32.9 Å². The summed E-state index contributed by atoms with van der Waals surface area (Å²) in [4.78, 5) is 23.1. The SMILES string of the molecule is Cc1ccc(N2C(=O)C(C)(C)S2(=O)=O)c(C(=O)O)c1. The first-order chi connectivity index (χ1) is 8.60. The normalized spacial score (nSPS) is 19.9. The van der Waals surface area contributed by atoms with Crippen molar-refractivity contribution in [2.75, 3.05) is 4.31 Å². The highest BCUT2D eigenvalue weighted by molar-refractivity contribution is 7.98. The molecule has 0 aliphatic carbocycles. The number of anilines is 1. The largest absolute Gasteiger partial charge is 0.478 e. The molecule has 1 amide bonds. The van der Waals surface area contributed by atoms with Crippen molar-refractivity contribution in [3.63, 3.8) is 0 Å². The van der Waals surface area contributed by atoms with Crippen LogP contribution in [0.1, 0.15) is 29.8 Å². The monoisotopic (exact) mass is 283 g/mol. The molecule has 1 aliphatic heterocycles. The summed E-state index contributed by atoms with van der Waals surface area (Å²) >= 11 is 0. The van der Waals surface area contributed by atoms with Crippen LogP contribution in [0.4, 0.5) is 5.69 Å². The van der Waals surface area contributed by atoms with Crippen LogP contribution in [0, 0.1) is 6.92 Å². The van der Waals surface area contributed by atoms with Crippen LogP contribution in [0.15, 0.2) is 18.2 Å². The van der Waals surface area contributed by atoms with Gasteiger partial charge in [0.15, 0.2) is 4.75 Å². The van der Waals surface area contributed by atoms with Gasteiger partial charge in [0.1, 0.15) is 0 Å². The molecule has 7 heteroatoms. The number of carboxylic acid groups (broad SMARTS) is 1. The zero-order chi connectivity index (χ0) is 14.6. The molecular formula is C12H13NO5S. The molecule has 1 fully saturated rings. The van der Waals surface area contributed by atoms with Crippen molar-refractivity contribution in [1.29, 1.82) is 0 Å². The van der Waals surface area contributed by atoms with Gasteiger partial charge in [-0.15, -0.1) is 0 Å². The van der Waals surface area contributed by atoms with Gasteiger partial charge < -0.3 is 5.11 Å². The summed E-state index contributed by atoms with van der Waals surface area (Å²) in [7, 11) is -3.85. The van der Waals surface area contributed by atoms with Gasteiger partial charge in [-0.2, -0.15) is 0 Å². The van der Waals surface area contributed by atoms with E-state index in [4.69, 9.17) is 5.11 Å². The summed E-state index contributed by atoms with van der Waals surface area (Å²) < 4.78 is 23.2. The maximum absolute atomic E-state index is 12.1. The smallest absolute Gasteiger partial charge is 0.337 e. The van der Waals surface area contributed by atoms with Crippen LogP contribution in [0.25, 0.3) is 0 Å². The van der Waals surface area contributed by atoms with E-state index < -0.39 is 26.6 Å². The average Bonchev–Trinajstić information content (AvgIpc) is 2.30. The number of carboxylic acids is 1. The Hall–Kier alpha value is -1.89. The second-order valence-electron chi connectivity index (χ2n) is 4.91. The predicted octanol–water partition coefficient (Wildman–Crippen LogP) is 1.15. The van der Waals surface area contributed by atoms with Gasteiger partial charge in [-0.3, -0.25) is 4.79 Å². The maximum atomic E-state index is 12.1. The van der Waals surface area contributed by atoms with E-state index >= 15 is 0 Å². The Bertz CT molecular complexity index is 690. The first-order valence-electron chi connectivity index (χ1n) is 5.54. The maximum Gasteiger partial charge on any atom is 0.337 e. The third kappa shape index (κ3) is 1.65. The second kappa shape index (κ2) is 3.80. The van der Waals surface area contributed by atoms with E-state index in [1.54, 1.807) is 13.0 Å².